The molecule has 1 aromatic heterocycles. The van der Waals surface area contributed by atoms with E-state index in [1.807, 2.05) is 0 Å². The topological polar surface area (TPSA) is 75.2 Å². The number of anilines is 1. The second-order valence-corrected chi connectivity index (χ2v) is 7.50. The Morgan fingerprint density at radius 3 is 2.45 bits per heavy atom. The number of benzene rings is 1. The van der Waals surface area contributed by atoms with Crippen LogP contribution in [-0.4, -0.2) is 46.4 Å². The first kappa shape index (κ1) is 19.4. The molecule has 2 fully saturated rings. The SMILES string of the molecule is CN(CC(=O)Nc1ncc(F)cn1)C(=O)c1ccc(C2CC2)c(F)c1C1C[C@H]1F. The van der Waals surface area contributed by atoms with Crippen molar-refractivity contribution in [1.82, 2.24) is 14.9 Å². The first-order valence-corrected chi connectivity index (χ1v) is 9.34. The van der Waals surface area contributed by atoms with Crippen molar-refractivity contribution in [1.29, 1.82) is 0 Å². The second kappa shape index (κ2) is 7.46. The monoisotopic (exact) mass is 404 g/mol. The van der Waals surface area contributed by atoms with Gasteiger partial charge in [-0.1, -0.05) is 6.07 Å². The fraction of sp³-hybridized carbons (Fsp3) is 0.400. The van der Waals surface area contributed by atoms with Gasteiger partial charge in [0, 0.05) is 24.1 Å². The van der Waals surface area contributed by atoms with E-state index >= 15 is 4.39 Å². The molecule has 2 atom stereocenters. The van der Waals surface area contributed by atoms with Crippen LogP contribution in [0, 0.1) is 11.6 Å². The number of likely N-dealkylation sites (N-methyl/N-ethyl adjacent to an activating group) is 1. The van der Waals surface area contributed by atoms with Crippen LogP contribution in [0.3, 0.4) is 0 Å². The Morgan fingerprint density at radius 2 is 1.86 bits per heavy atom. The maximum atomic E-state index is 15.0. The van der Waals surface area contributed by atoms with Crippen molar-refractivity contribution in [3.8, 4) is 0 Å². The van der Waals surface area contributed by atoms with Gasteiger partial charge in [-0.15, -0.1) is 0 Å². The molecule has 2 aromatic rings. The van der Waals surface area contributed by atoms with E-state index in [1.165, 1.54) is 13.1 Å². The largest absolute Gasteiger partial charge is 0.332 e. The molecule has 1 N–H and O–H groups in total. The zero-order valence-electron chi connectivity index (χ0n) is 15.7. The summed E-state index contributed by atoms with van der Waals surface area (Å²) in [4.78, 5) is 33.3. The number of nitrogens with zero attached hydrogens (tertiary/aromatic N) is 3. The highest BCUT2D eigenvalue weighted by Crippen LogP contribution is 2.49. The van der Waals surface area contributed by atoms with Crippen molar-refractivity contribution in [2.24, 2.45) is 0 Å². The molecular formula is C20H19F3N4O2. The number of halogens is 3. The molecule has 0 bridgehead atoms. The Hall–Kier alpha value is -2.97. The Labute approximate surface area is 165 Å². The van der Waals surface area contributed by atoms with Gasteiger partial charge in [0.1, 0.15) is 12.0 Å². The van der Waals surface area contributed by atoms with Gasteiger partial charge in [0.05, 0.1) is 18.9 Å². The van der Waals surface area contributed by atoms with E-state index in [0.717, 1.165) is 30.1 Å². The normalized spacial score (nSPS) is 20.3. The van der Waals surface area contributed by atoms with E-state index in [0.29, 0.717) is 5.56 Å². The van der Waals surface area contributed by atoms with Gasteiger partial charge in [0.15, 0.2) is 5.82 Å². The van der Waals surface area contributed by atoms with Crippen molar-refractivity contribution in [3.05, 3.63) is 52.9 Å². The highest BCUT2D eigenvalue weighted by molar-refractivity contribution is 6.00. The molecule has 6 nitrogen and oxygen atoms in total. The minimum absolute atomic E-state index is 0.0744. The lowest BCUT2D eigenvalue weighted by molar-refractivity contribution is -0.116. The summed E-state index contributed by atoms with van der Waals surface area (Å²) in [6.07, 6.45) is 2.61. The van der Waals surface area contributed by atoms with Crippen molar-refractivity contribution in [2.75, 3.05) is 18.9 Å². The van der Waals surface area contributed by atoms with Gasteiger partial charge in [-0.3, -0.25) is 14.9 Å². The van der Waals surface area contributed by atoms with Crippen LogP contribution in [-0.2, 0) is 4.79 Å². The summed E-state index contributed by atoms with van der Waals surface area (Å²) < 4.78 is 41.6. The molecule has 2 saturated carbocycles. The predicted molar refractivity (Wildman–Crippen MR) is 98.2 cm³/mol. The highest BCUT2D eigenvalue weighted by Gasteiger charge is 2.44. The fourth-order valence-electron chi connectivity index (χ4n) is 3.37. The van der Waals surface area contributed by atoms with Gasteiger partial charge in [-0.25, -0.2) is 23.1 Å². The van der Waals surface area contributed by atoms with Gasteiger partial charge in [0.25, 0.3) is 5.91 Å². The summed E-state index contributed by atoms with van der Waals surface area (Å²) in [5.41, 5.74) is 0.718. The average molecular weight is 404 g/mol. The highest BCUT2D eigenvalue weighted by atomic mass is 19.1. The molecule has 9 heteroatoms. The lowest BCUT2D eigenvalue weighted by Crippen LogP contribution is -2.35. The number of hydrogen-bond acceptors (Lipinski definition) is 4. The molecule has 29 heavy (non-hydrogen) atoms. The third-order valence-electron chi connectivity index (χ3n) is 5.14. The number of carbonyl (C=O) groups excluding carboxylic acids is 2. The van der Waals surface area contributed by atoms with Crippen molar-refractivity contribution in [3.63, 3.8) is 0 Å². The minimum Gasteiger partial charge on any atom is -0.332 e. The van der Waals surface area contributed by atoms with Gasteiger partial charge >= 0.3 is 0 Å². The molecule has 2 aliphatic carbocycles. The van der Waals surface area contributed by atoms with Crippen molar-refractivity contribution < 1.29 is 22.8 Å². The Morgan fingerprint density at radius 1 is 1.21 bits per heavy atom. The van der Waals surface area contributed by atoms with Gasteiger partial charge in [-0.2, -0.15) is 0 Å². The molecule has 0 radical (unpaired) electrons. The molecule has 4 rings (SSSR count). The van der Waals surface area contributed by atoms with Crippen LogP contribution in [0.15, 0.2) is 24.5 Å². The number of rotatable bonds is 6. The first-order chi connectivity index (χ1) is 13.8. The van der Waals surface area contributed by atoms with Gasteiger partial charge in [-0.05, 0) is 36.8 Å². The summed E-state index contributed by atoms with van der Waals surface area (Å²) in [6, 6.07) is 3.11. The maximum Gasteiger partial charge on any atom is 0.254 e. The summed E-state index contributed by atoms with van der Waals surface area (Å²) in [6.45, 7) is -0.352. The van der Waals surface area contributed by atoms with Crippen LogP contribution in [0.25, 0.3) is 0 Å². The molecular weight excluding hydrogens is 385 g/mol. The van der Waals surface area contributed by atoms with Crippen LogP contribution in [0.5, 0.6) is 0 Å². The molecule has 1 heterocycles. The summed E-state index contributed by atoms with van der Waals surface area (Å²) in [5, 5.41) is 2.35. The van der Waals surface area contributed by atoms with Crippen LogP contribution in [0.1, 0.15) is 52.6 Å². The van der Waals surface area contributed by atoms with E-state index in [1.54, 1.807) is 6.07 Å². The smallest absolute Gasteiger partial charge is 0.254 e. The quantitative estimate of drug-likeness (QED) is 0.803. The summed E-state index contributed by atoms with van der Waals surface area (Å²) in [5.74, 6) is -2.91. The van der Waals surface area contributed by atoms with Crippen molar-refractivity contribution >= 4 is 17.8 Å². The molecule has 2 aliphatic rings. The second-order valence-electron chi connectivity index (χ2n) is 7.50. The molecule has 152 valence electrons. The standard InChI is InChI=1S/C20H19F3N4O2/c1-27(9-16(28)26-20-24-7-11(21)8-25-20)19(29)13-5-4-12(10-2-3-10)18(23)17(13)14-6-15(14)22/h4-5,7-8,10,14-15H,2-3,6,9H2,1H3,(H,24,25,26,28)/t14?,15-/m1/s1. The molecule has 0 spiro atoms. The number of hydrogen-bond donors (Lipinski definition) is 1. The molecule has 1 unspecified atom stereocenters. The van der Waals surface area contributed by atoms with Crippen LogP contribution >= 0.6 is 0 Å². The van der Waals surface area contributed by atoms with Crippen LogP contribution < -0.4 is 5.32 Å². The number of carbonyl (C=O) groups is 2. The molecule has 2 amide bonds. The van der Waals surface area contributed by atoms with E-state index in [4.69, 9.17) is 0 Å². The molecule has 0 aliphatic heterocycles. The van der Waals surface area contributed by atoms with Crippen LogP contribution in [0.4, 0.5) is 19.1 Å². The van der Waals surface area contributed by atoms with Gasteiger partial charge in [0.2, 0.25) is 11.9 Å². The third-order valence-corrected chi connectivity index (χ3v) is 5.14. The first-order valence-electron chi connectivity index (χ1n) is 9.34. The minimum atomic E-state index is -1.16. The van der Waals surface area contributed by atoms with Gasteiger partial charge < -0.3 is 4.90 Å². The van der Waals surface area contributed by atoms with Crippen LogP contribution in [0.2, 0.25) is 0 Å². The number of nitrogens with one attached hydrogen (secondary N) is 1. The zero-order chi connectivity index (χ0) is 20.7. The Bertz CT molecular complexity index is 963. The number of aromatic nitrogens is 2. The van der Waals surface area contributed by atoms with E-state index in [2.05, 4.69) is 15.3 Å². The van der Waals surface area contributed by atoms with E-state index in [9.17, 15) is 18.4 Å². The number of amides is 2. The van der Waals surface area contributed by atoms with Crippen molar-refractivity contribution in [2.45, 2.75) is 37.3 Å². The number of alkyl halides is 1. The third kappa shape index (κ3) is 4.08. The Balaban J connectivity index is 1.50. The molecule has 1 aromatic carbocycles. The Kier molecular flexibility index (Phi) is 4.97. The predicted octanol–water partition coefficient (Wildman–Crippen LogP) is 3.17. The fourth-order valence-corrected chi connectivity index (χ4v) is 3.37. The maximum absolute atomic E-state index is 15.0. The lowest BCUT2D eigenvalue weighted by atomic mass is 9.96. The lowest BCUT2D eigenvalue weighted by Gasteiger charge is -2.20. The zero-order valence-corrected chi connectivity index (χ0v) is 15.7. The van der Waals surface area contributed by atoms with E-state index in [-0.39, 0.29) is 36.0 Å². The summed E-state index contributed by atoms with van der Waals surface area (Å²) in [7, 11) is 1.39. The van der Waals surface area contributed by atoms with E-state index < -0.39 is 35.5 Å². The summed E-state index contributed by atoms with van der Waals surface area (Å²) >= 11 is 0. The molecule has 0 saturated heterocycles. The average Bonchev–Trinajstić information content (AvgIpc) is 3.60.